The molecule has 2 unspecified atom stereocenters. The summed E-state index contributed by atoms with van der Waals surface area (Å²) in [6.07, 6.45) is 1.99. The van der Waals surface area contributed by atoms with Gasteiger partial charge in [0.15, 0.2) is 0 Å². The highest BCUT2D eigenvalue weighted by Gasteiger charge is 2.42. The van der Waals surface area contributed by atoms with Crippen LogP contribution in [0.25, 0.3) is 0 Å². The second-order valence-corrected chi connectivity index (χ2v) is 7.45. The van der Waals surface area contributed by atoms with Crippen molar-refractivity contribution in [1.82, 2.24) is 9.88 Å². The minimum atomic E-state index is -0.999. The molecular formula is C20H22N4O5. The Kier molecular flexibility index (Phi) is 5.49. The third-order valence-corrected chi connectivity index (χ3v) is 5.22. The van der Waals surface area contributed by atoms with Gasteiger partial charge in [0.2, 0.25) is 0 Å². The molecule has 1 amide bonds. The number of nitrogens with one attached hydrogen (secondary N) is 1. The number of aromatic nitrogens is 1. The SMILES string of the molecule is CC(Nc1ccc(C(=O)N2CCC(C)(C(=O)O)C2)cc1[N+](=O)[O-])c1ccccn1. The number of nitro groups is 1. The molecule has 1 aromatic heterocycles. The Morgan fingerprint density at radius 2 is 2.10 bits per heavy atom. The molecule has 9 nitrogen and oxygen atoms in total. The van der Waals surface area contributed by atoms with E-state index in [1.807, 2.05) is 19.1 Å². The number of hydrogen-bond acceptors (Lipinski definition) is 6. The van der Waals surface area contributed by atoms with Crippen LogP contribution in [0.15, 0.2) is 42.6 Å². The predicted octanol–water partition coefficient (Wildman–Crippen LogP) is 3.10. The summed E-state index contributed by atoms with van der Waals surface area (Å²) in [5.74, 6) is -1.37. The fourth-order valence-electron chi connectivity index (χ4n) is 3.37. The Morgan fingerprint density at radius 3 is 2.69 bits per heavy atom. The second-order valence-electron chi connectivity index (χ2n) is 7.45. The summed E-state index contributed by atoms with van der Waals surface area (Å²) in [6, 6.07) is 9.40. The summed E-state index contributed by atoms with van der Waals surface area (Å²) in [5, 5.41) is 24.0. The van der Waals surface area contributed by atoms with E-state index in [1.165, 1.54) is 23.1 Å². The standard InChI is InChI=1S/C20H22N4O5/c1-13(15-5-3-4-9-21-15)22-16-7-6-14(11-17(16)24(28)29)18(25)23-10-8-20(2,12-23)19(26)27/h3-7,9,11,13,22H,8,10,12H2,1-2H3,(H,26,27). The van der Waals surface area contributed by atoms with Gasteiger partial charge in [-0.3, -0.25) is 24.7 Å². The number of pyridine rings is 1. The molecule has 2 N–H and O–H groups in total. The molecule has 0 aliphatic carbocycles. The number of carboxylic acids is 1. The molecule has 0 spiro atoms. The van der Waals surface area contributed by atoms with Crippen molar-refractivity contribution < 1.29 is 19.6 Å². The third kappa shape index (κ3) is 4.18. The van der Waals surface area contributed by atoms with Gasteiger partial charge in [-0.1, -0.05) is 6.07 Å². The molecule has 1 aromatic carbocycles. The number of rotatable bonds is 6. The van der Waals surface area contributed by atoms with Crippen LogP contribution in [0.1, 0.15) is 42.4 Å². The van der Waals surface area contributed by atoms with Crippen molar-refractivity contribution >= 4 is 23.3 Å². The van der Waals surface area contributed by atoms with E-state index in [0.29, 0.717) is 13.0 Å². The summed E-state index contributed by atoms with van der Waals surface area (Å²) < 4.78 is 0. The molecule has 1 fully saturated rings. The third-order valence-electron chi connectivity index (χ3n) is 5.22. The molecule has 9 heteroatoms. The topological polar surface area (TPSA) is 126 Å². The van der Waals surface area contributed by atoms with Gasteiger partial charge in [-0.15, -0.1) is 0 Å². The molecule has 3 rings (SSSR count). The maximum Gasteiger partial charge on any atom is 0.311 e. The lowest BCUT2D eigenvalue weighted by Crippen LogP contribution is -2.34. The van der Waals surface area contributed by atoms with E-state index in [-0.39, 0.29) is 29.5 Å². The molecule has 0 radical (unpaired) electrons. The Morgan fingerprint density at radius 1 is 1.34 bits per heavy atom. The summed E-state index contributed by atoms with van der Waals surface area (Å²) in [6.45, 7) is 3.80. The summed E-state index contributed by atoms with van der Waals surface area (Å²) in [7, 11) is 0. The Balaban J connectivity index is 1.82. The maximum absolute atomic E-state index is 12.8. The number of amides is 1. The molecule has 29 heavy (non-hydrogen) atoms. The first-order valence-electron chi connectivity index (χ1n) is 9.20. The average molecular weight is 398 g/mol. The second kappa shape index (κ2) is 7.86. The number of nitro benzene ring substituents is 1. The summed E-state index contributed by atoms with van der Waals surface area (Å²) >= 11 is 0. The lowest BCUT2D eigenvalue weighted by atomic mass is 9.90. The Bertz CT molecular complexity index is 949. The zero-order chi connectivity index (χ0) is 21.2. The van der Waals surface area contributed by atoms with Gasteiger partial charge in [-0.2, -0.15) is 0 Å². The van der Waals surface area contributed by atoms with E-state index in [4.69, 9.17) is 0 Å². The molecule has 152 valence electrons. The van der Waals surface area contributed by atoms with Gasteiger partial charge in [-0.25, -0.2) is 0 Å². The summed E-state index contributed by atoms with van der Waals surface area (Å²) in [4.78, 5) is 40.9. The number of anilines is 1. The van der Waals surface area contributed by atoms with Crippen molar-refractivity contribution in [3.05, 3.63) is 64.0 Å². The minimum Gasteiger partial charge on any atom is -0.481 e. The number of nitrogens with zero attached hydrogens (tertiary/aromatic N) is 3. The summed E-state index contributed by atoms with van der Waals surface area (Å²) in [5.41, 5.74) is -0.0593. The zero-order valence-corrected chi connectivity index (χ0v) is 16.2. The first kappa shape index (κ1) is 20.2. The quantitative estimate of drug-likeness (QED) is 0.565. The van der Waals surface area contributed by atoms with E-state index in [0.717, 1.165) is 5.69 Å². The number of carbonyl (C=O) groups is 2. The van der Waals surface area contributed by atoms with E-state index >= 15 is 0 Å². The van der Waals surface area contributed by atoms with Gasteiger partial charge >= 0.3 is 5.97 Å². The van der Waals surface area contributed by atoms with E-state index in [9.17, 15) is 24.8 Å². The lowest BCUT2D eigenvalue weighted by Gasteiger charge is -2.20. The molecule has 0 saturated carbocycles. The van der Waals surface area contributed by atoms with E-state index in [1.54, 1.807) is 19.2 Å². The van der Waals surface area contributed by atoms with Gasteiger partial charge < -0.3 is 15.3 Å². The number of benzene rings is 1. The molecule has 1 aliphatic rings. The monoisotopic (exact) mass is 398 g/mol. The highest BCUT2D eigenvalue weighted by Crippen LogP contribution is 2.33. The highest BCUT2D eigenvalue weighted by atomic mass is 16.6. The van der Waals surface area contributed by atoms with Crippen molar-refractivity contribution in [3.8, 4) is 0 Å². The molecule has 2 heterocycles. The van der Waals surface area contributed by atoms with Gasteiger partial charge in [-0.05, 0) is 44.5 Å². The fourth-order valence-corrected chi connectivity index (χ4v) is 3.37. The van der Waals surface area contributed by atoms with Crippen LogP contribution in [0.4, 0.5) is 11.4 Å². The van der Waals surface area contributed by atoms with Crippen LogP contribution in [-0.4, -0.2) is 44.9 Å². The average Bonchev–Trinajstić information content (AvgIpc) is 3.12. The Labute approximate surface area is 167 Å². The van der Waals surface area contributed by atoms with Crippen molar-refractivity contribution in [1.29, 1.82) is 0 Å². The first-order chi connectivity index (χ1) is 13.7. The normalized spacial score (nSPS) is 19.6. The van der Waals surface area contributed by atoms with Crippen molar-refractivity contribution in [2.45, 2.75) is 26.3 Å². The van der Waals surface area contributed by atoms with Crippen LogP contribution in [0.2, 0.25) is 0 Å². The lowest BCUT2D eigenvalue weighted by molar-refractivity contribution is -0.384. The van der Waals surface area contributed by atoms with E-state index in [2.05, 4.69) is 10.3 Å². The first-order valence-corrected chi connectivity index (χ1v) is 9.20. The van der Waals surface area contributed by atoms with E-state index < -0.39 is 22.2 Å². The highest BCUT2D eigenvalue weighted by molar-refractivity contribution is 5.96. The predicted molar refractivity (Wildman–Crippen MR) is 106 cm³/mol. The number of likely N-dealkylation sites (tertiary alicyclic amines) is 1. The smallest absolute Gasteiger partial charge is 0.311 e. The number of carbonyl (C=O) groups excluding carboxylic acids is 1. The minimum absolute atomic E-state index is 0.0751. The largest absolute Gasteiger partial charge is 0.481 e. The molecular weight excluding hydrogens is 376 g/mol. The number of hydrogen-bond donors (Lipinski definition) is 2. The van der Waals surface area contributed by atoms with Gasteiger partial charge in [0.05, 0.1) is 22.1 Å². The molecule has 0 bridgehead atoms. The van der Waals surface area contributed by atoms with Crippen molar-refractivity contribution in [2.75, 3.05) is 18.4 Å². The van der Waals surface area contributed by atoms with Gasteiger partial charge in [0.1, 0.15) is 5.69 Å². The van der Waals surface area contributed by atoms with Crippen LogP contribution in [0, 0.1) is 15.5 Å². The van der Waals surface area contributed by atoms with Gasteiger partial charge in [0.25, 0.3) is 11.6 Å². The number of carboxylic acid groups (broad SMARTS) is 1. The molecule has 1 aliphatic heterocycles. The fraction of sp³-hybridized carbons (Fsp3) is 0.350. The molecule has 2 aromatic rings. The maximum atomic E-state index is 12.8. The van der Waals surface area contributed by atoms with Gasteiger partial charge in [0, 0.05) is 30.9 Å². The zero-order valence-electron chi connectivity index (χ0n) is 16.2. The van der Waals surface area contributed by atoms with Crippen LogP contribution < -0.4 is 5.32 Å². The van der Waals surface area contributed by atoms with Crippen molar-refractivity contribution in [3.63, 3.8) is 0 Å². The van der Waals surface area contributed by atoms with Crippen LogP contribution in [-0.2, 0) is 4.79 Å². The van der Waals surface area contributed by atoms with Crippen LogP contribution in [0.3, 0.4) is 0 Å². The number of aliphatic carboxylic acids is 1. The van der Waals surface area contributed by atoms with Crippen LogP contribution >= 0.6 is 0 Å². The van der Waals surface area contributed by atoms with Crippen molar-refractivity contribution in [2.24, 2.45) is 5.41 Å². The molecule has 1 saturated heterocycles. The molecule has 2 atom stereocenters. The Hall–Kier alpha value is -3.49. The van der Waals surface area contributed by atoms with Crippen LogP contribution in [0.5, 0.6) is 0 Å².